The molecule has 0 aliphatic carbocycles. The van der Waals surface area contributed by atoms with E-state index in [0.29, 0.717) is 16.8 Å². The van der Waals surface area contributed by atoms with Crippen LogP contribution in [-0.2, 0) is 17.9 Å². The SMILES string of the molecule is Cc1ccc(CNC(=O)Cn2sc3nc(C)cc(C)c3c2=O)cc1. The van der Waals surface area contributed by atoms with Gasteiger partial charge in [-0.15, -0.1) is 0 Å². The molecule has 0 unspecified atom stereocenters. The Hall–Kier alpha value is -2.47. The van der Waals surface area contributed by atoms with Crippen LogP contribution in [0.2, 0.25) is 0 Å². The summed E-state index contributed by atoms with van der Waals surface area (Å²) in [6.45, 7) is 6.29. The van der Waals surface area contributed by atoms with E-state index in [1.165, 1.54) is 21.1 Å². The molecule has 5 nitrogen and oxygen atoms in total. The minimum Gasteiger partial charge on any atom is -0.350 e. The molecular weight excluding hydrogens is 322 g/mol. The highest BCUT2D eigenvalue weighted by molar-refractivity contribution is 7.13. The third-order valence-corrected chi connectivity index (χ3v) is 4.83. The van der Waals surface area contributed by atoms with Gasteiger partial charge in [-0.05, 0) is 49.5 Å². The van der Waals surface area contributed by atoms with Gasteiger partial charge in [0, 0.05) is 12.2 Å². The molecule has 3 aromatic rings. The monoisotopic (exact) mass is 341 g/mol. The number of fused-ring (bicyclic) bond motifs is 1. The lowest BCUT2D eigenvalue weighted by atomic mass is 10.1. The predicted octanol–water partition coefficient (Wildman–Crippen LogP) is 2.70. The maximum Gasteiger partial charge on any atom is 0.270 e. The molecule has 0 fully saturated rings. The van der Waals surface area contributed by atoms with Gasteiger partial charge in [-0.25, -0.2) is 4.98 Å². The molecule has 24 heavy (non-hydrogen) atoms. The van der Waals surface area contributed by atoms with Crippen LogP contribution in [0.1, 0.15) is 22.4 Å². The van der Waals surface area contributed by atoms with Crippen molar-refractivity contribution in [3.63, 3.8) is 0 Å². The molecule has 3 rings (SSSR count). The smallest absolute Gasteiger partial charge is 0.270 e. The van der Waals surface area contributed by atoms with Gasteiger partial charge in [-0.2, -0.15) is 0 Å². The van der Waals surface area contributed by atoms with Crippen LogP contribution >= 0.6 is 11.5 Å². The van der Waals surface area contributed by atoms with Gasteiger partial charge >= 0.3 is 0 Å². The van der Waals surface area contributed by atoms with E-state index in [4.69, 9.17) is 0 Å². The molecule has 124 valence electrons. The summed E-state index contributed by atoms with van der Waals surface area (Å²) in [6.07, 6.45) is 0. The van der Waals surface area contributed by atoms with E-state index in [9.17, 15) is 9.59 Å². The topological polar surface area (TPSA) is 64.0 Å². The summed E-state index contributed by atoms with van der Waals surface area (Å²) < 4.78 is 1.47. The van der Waals surface area contributed by atoms with Crippen LogP contribution in [0.25, 0.3) is 10.2 Å². The largest absolute Gasteiger partial charge is 0.350 e. The molecule has 0 atom stereocenters. The summed E-state index contributed by atoms with van der Waals surface area (Å²) in [6, 6.07) is 9.87. The fourth-order valence-corrected chi connectivity index (χ4v) is 3.69. The predicted molar refractivity (Wildman–Crippen MR) is 96.4 cm³/mol. The van der Waals surface area contributed by atoms with E-state index in [2.05, 4.69) is 10.3 Å². The maximum atomic E-state index is 12.5. The van der Waals surface area contributed by atoms with Crippen molar-refractivity contribution in [3.05, 3.63) is 63.1 Å². The van der Waals surface area contributed by atoms with Crippen molar-refractivity contribution >= 4 is 27.7 Å². The normalized spacial score (nSPS) is 11.0. The summed E-state index contributed by atoms with van der Waals surface area (Å²) in [5.74, 6) is -0.182. The third-order valence-electron chi connectivity index (χ3n) is 3.85. The second-order valence-electron chi connectivity index (χ2n) is 5.96. The van der Waals surface area contributed by atoms with Crippen molar-refractivity contribution in [2.45, 2.75) is 33.9 Å². The Morgan fingerprint density at radius 2 is 1.92 bits per heavy atom. The number of carbonyl (C=O) groups excluding carboxylic acids is 1. The molecule has 1 aromatic carbocycles. The average Bonchev–Trinajstić information content (AvgIpc) is 2.82. The second-order valence-corrected chi connectivity index (χ2v) is 6.97. The van der Waals surface area contributed by atoms with E-state index < -0.39 is 0 Å². The molecule has 1 N–H and O–H groups in total. The van der Waals surface area contributed by atoms with Crippen LogP contribution in [0.4, 0.5) is 0 Å². The van der Waals surface area contributed by atoms with Gasteiger partial charge in [0.25, 0.3) is 5.56 Å². The maximum absolute atomic E-state index is 12.5. The summed E-state index contributed by atoms with van der Waals surface area (Å²) in [4.78, 5) is 29.7. The first-order chi connectivity index (χ1) is 11.4. The lowest BCUT2D eigenvalue weighted by Crippen LogP contribution is -2.29. The first kappa shape index (κ1) is 16.4. The highest BCUT2D eigenvalue weighted by atomic mass is 32.1. The molecule has 0 bridgehead atoms. The van der Waals surface area contributed by atoms with Gasteiger partial charge in [0.05, 0.1) is 5.39 Å². The molecule has 0 aliphatic heterocycles. The zero-order valence-electron chi connectivity index (χ0n) is 13.9. The first-order valence-corrected chi connectivity index (χ1v) is 8.51. The van der Waals surface area contributed by atoms with Crippen LogP contribution in [0.15, 0.2) is 35.1 Å². The number of amides is 1. The lowest BCUT2D eigenvalue weighted by molar-refractivity contribution is -0.121. The van der Waals surface area contributed by atoms with Crippen LogP contribution < -0.4 is 10.9 Å². The number of nitrogens with zero attached hydrogens (tertiary/aromatic N) is 2. The standard InChI is InChI=1S/C18H19N3O2S/c1-11-4-6-14(7-5-11)9-19-15(22)10-21-18(23)16-12(2)8-13(3)20-17(16)24-21/h4-8H,9-10H2,1-3H3,(H,19,22). The van der Waals surface area contributed by atoms with Gasteiger partial charge in [-0.3, -0.25) is 13.5 Å². The van der Waals surface area contributed by atoms with Crippen LogP contribution in [0.3, 0.4) is 0 Å². The number of carbonyl (C=O) groups is 1. The summed E-state index contributed by atoms with van der Waals surface area (Å²) in [5.41, 5.74) is 3.84. The Kier molecular flexibility index (Phi) is 4.49. The van der Waals surface area contributed by atoms with Crippen molar-refractivity contribution in [1.29, 1.82) is 0 Å². The Bertz CT molecular complexity index is 955. The number of hydrogen-bond donors (Lipinski definition) is 1. The van der Waals surface area contributed by atoms with Gasteiger partial charge < -0.3 is 5.32 Å². The Morgan fingerprint density at radius 1 is 1.21 bits per heavy atom. The Balaban J connectivity index is 1.73. The zero-order valence-corrected chi connectivity index (χ0v) is 14.7. The number of benzene rings is 1. The molecule has 0 aliphatic rings. The van der Waals surface area contributed by atoms with Gasteiger partial charge in [0.2, 0.25) is 5.91 Å². The van der Waals surface area contributed by atoms with Crippen molar-refractivity contribution in [2.24, 2.45) is 0 Å². The van der Waals surface area contributed by atoms with E-state index in [0.717, 1.165) is 16.8 Å². The van der Waals surface area contributed by atoms with Gasteiger partial charge in [0.15, 0.2) is 0 Å². The average molecular weight is 341 g/mol. The van der Waals surface area contributed by atoms with Crippen LogP contribution in [-0.4, -0.2) is 14.8 Å². The number of aromatic nitrogens is 2. The second kappa shape index (κ2) is 6.57. The minimum absolute atomic E-state index is 0.0181. The quantitative estimate of drug-likeness (QED) is 0.793. The summed E-state index contributed by atoms with van der Waals surface area (Å²) in [7, 11) is 0. The first-order valence-electron chi connectivity index (χ1n) is 7.74. The summed E-state index contributed by atoms with van der Waals surface area (Å²) in [5, 5.41) is 3.46. The Labute approximate surface area is 144 Å². The molecule has 6 heteroatoms. The minimum atomic E-state index is -0.182. The van der Waals surface area contributed by atoms with Gasteiger partial charge in [-0.1, -0.05) is 29.8 Å². The fraction of sp³-hybridized carbons (Fsp3) is 0.278. The molecule has 0 spiro atoms. The van der Waals surface area contributed by atoms with Crippen LogP contribution in [0.5, 0.6) is 0 Å². The Morgan fingerprint density at radius 3 is 2.62 bits per heavy atom. The third kappa shape index (κ3) is 3.38. The van der Waals surface area contributed by atoms with Gasteiger partial charge in [0.1, 0.15) is 11.4 Å². The lowest BCUT2D eigenvalue weighted by Gasteiger charge is -2.05. The summed E-state index contributed by atoms with van der Waals surface area (Å²) >= 11 is 1.24. The molecule has 2 aromatic heterocycles. The molecule has 2 heterocycles. The van der Waals surface area contributed by atoms with Crippen molar-refractivity contribution in [1.82, 2.24) is 14.3 Å². The zero-order chi connectivity index (χ0) is 17.3. The van der Waals surface area contributed by atoms with E-state index in [1.807, 2.05) is 51.1 Å². The van der Waals surface area contributed by atoms with E-state index in [-0.39, 0.29) is 18.0 Å². The molecule has 1 amide bonds. The van der Waals surface area contributed by atoms with E-state index in [1.54, 1.807) is 0 Å². The number of pyridine rings is 1. The fourth-order valence-electron chi connectivity index (χ4n) is 2.60. The molecule has 0 radical (unpaired) electrons. The molecule has 0 saturated heterocycles. The highest BCUT2D eigenvalue weighted by Gasteiger charge is 2.14. The van der Waals surface area contributed by atoms with E-state index >= 15 is 0 Å². The number of rotatable bonds is 4. The van der Waals surface area contributed by atoms with Crippen molar-refractivity contribution < 1.29 is 4.79 Å². The highest BCUT2D eigenvalue weighted by Crippen LogP contribution is 2.18. The molecule has 0 saturated carbocycles. The van der Waals surface area contributed by atoms with Crippen molar-refractivity contribution in [2.75, 3.05) is 0 Å². The number of hydrogen-bond acceptors (Lipinski definition) is 4. The molecular formula is C18H19N3O2S. The van der Waals surface area contributed by atoms with Crippen LogP contribution in [0, 0.1) is 20.8 Å². The number of nitrogens with one attached hydrogen (secondary N) is 1. The number of aryl methyl sites for hydroxylation is 3. The van der Waals surface area contributed by atoms with Crippen molar-refractivity contribution in [3.8, 4) is 0 Å².